The number of aryl methyl sites for hydroxylation is 2. The molecule has 1 aromatic heterocycles. The molecule has 0 aliphatic carbocycles. The topological polar surface area (TPSA) is 50.6 Å². The van der Waals surface area contributed by atoms with Crippen LogP contribution in [0.2, 0.25) is 0 Å². The molecule has 1 heterocycles. The van der Waals surface area contributed by atoms with Gasteiger partial charge in [-0.2, -0.15) is 4.98 Å². The lowest BCUT2D eigenvalue weighted by Gasteiger charge is -2.12. The summed E-state index contributed by atoms with van der Waals surface area (Å²) < 4.78 is 6.03. The number of nitrogens with zero attached hydrogens (tertiary/aromatic N) is 4. The van der Waals surface area contributed by atoms with Gasteiger partial charge >= 0.3 is 0 Å². The first kappa shape index (κ1) is 21.2. The third-order valence-corrected chi connectivity index (χ3v) is 5.03. The van der Waals surface area contributed by atoms with Crippen LogP contribution in [0.4, 0.5) is 5.69 Å². The third kappa shape index (κ3) is 6.86. The molecule has 27 heavy (non-hydrogen) atoms. The van der Waals surface area contributed by atoms with Gasteiger partial charge in [0.15, 0.2) is 5.16 Å². The van der Waals surface area contributed by atoms with E-state index in [9.17, 15) is 0 Å². The molecule has 0 unspecified atom stereocenters. The largest absolute Gasteiger partial charge is 0.439 e. The summed E-state index contributed by atoms with van der Waals surface area (Å²) in [4.78, 5) is 15.5. The standard InChI is InChI=1S/C21H30N4OS/c1-7-25(6)14-23-18-12-17(5)19(13-16(18)4)26-20-8-10-22-21(24-20)27-11-9-15(2)3/h8,10,12-15H,7,9,11H2,1-6H3/b23-14+. The predicted molar refractivity (Wildman–Crippen MR) is 115 cm³/mol. The lowest BCUT2D eigenvalue weighted by molar-refractivity contribution is 0.452. The molecule has 2 aromatic rings. The summed E-state index contributed by atoms with van der Waals surface area (Å²) >= 11 is 1.67. The van der Waals surface area contributed by atoms with Crippen LogP contribution >= 0.6 is 11.8 Å². The molecule has 0 aliphatic heterocycles. The van der Waals surface area contributed by atoms with Crippen molar-refractivity contribution in [2.45, 2.75) is 46.2 Å². The molecule has 0 fully saturated rings. The van der Waals surface area contributed by atoms with E-state index in [1.165, 1.54) is 0 Å². The number of benzene rings is 1. The van der Waals surface area contributed by atoms with Crippen LogP contribution in [0.1, 0.15) is 38.3 Å². The lowest BCUT2D eigenvalue weighted by atomic mass is 10.1. The van der Waals surface area contributed by atoms with Crippen LogP contribution in [0.3, 0.4) is 0 Å². The molecule has 146 valence electrons. The van der Waals surface area contributed by atoms with E-state index < -0.39 is 0 Å². The molecule has 1 aromatic carbocycles. The van der Waals surface area contributed by atoms with Gasteiger partial charge in [0.1, 0.15) is 5.75 Å². The zero-order chi connectivity index (χ0) is 19.8. The lowest BCUT2D eigenvalue weighted by Crippen LogP contribution is -2.14. The minimum Gasteiger partial charge on any atom is -0.439 e. The summed E-state index contributed by atoms with van der Waals surface area (Å²) in [5, 5.41) is 0.756. The van der Waals surface area contributed by atoms with Crippen molar-refractivity contribution in [2.75, 3.05) is 19.3 Å². The number of thioether (sulfide) groups is 1. The molecule has 0 spiro atoms. The molecule has 0 amide bonds. The fourth-order valence-electron chi connectivity index (χ4n) is 2.22. The number of aliphatic imine (C=N–C) groups is 1. The summed E-state index contributed by atoms with van der Waals surface area (Å²) in [6.07, 6.45) is 4.75. The molecule has 6 heteroatoms. The van der Waals surface area contributed by atoms with E-state index in [0.717, 1.165) is 46.4 Å². The Kier molecular flexibility index (Phi) is 8.10. The van der Waals surface area contributed by atoms with Gasteiger partial charge < -0.3 is 9.64 Å². The number of hydrogen-bond donors (Lipinski definition) is 0. The molecule has 0 radical (unpaired) electrons. The molecule has 2 rings (SSSR count). The fraction of sp³-hybridized carbons (Fsp3) is 0.476. The van der Waals surface area contributed by atoms with Gasteiger partial charge in [-0.05, 0) is 56.4 Å². The van der Waals surface area contributed by atoms with Crippen LogP contribution in [0, 0.1) is 19.8 Å². The molecule has 0 N–H and O–H groups in total. The van der Waals surface area contributed by atoms with E-state index in [4.69, 9.17) is 4.74 Å². The molecular formula is C21H30N4OS. The van der Waals surface area contributed by atoms with Crippen LogP contribution in [0.5, 0.6) is 11.6 Å². The van der Waals surface area contributed by atoms with Crippen molar-refractivity contribution in [1.29, 1.82) is 0 Å². The van der Waals surface area contributed by atoms with Gasteiger partial charge in [0.25, 0.3) is 0 Å². The summed E-state index contributed by atoms with van der Waals surface area (Å²) in [5.41, 5.74) is 3.05. The fourth-order valence-corrected chi connectivity index (χ4v) is 3.28. The van der Waals surface area contributed by atoms with E-state index in [1.807, 2.05) is 44.3 Å². The third-order valence-electron chi connectivity index (χ3n) is 4.14. The Morgan fingerprint density at radius 2 is 2.04 bits per heavy atom. The second kappa shape index (κ2) is 10.3. The van der Waals surface area contributed by atoms with Crippen LogP contribution < -0.4 is 4.74 Å². The van der Waals surface area contributed by atoms with Crippen molar-refractivity contribution < 1.29 is 4.74 Å². The van der Waals surface area contributed by atoms with Crippen molar-refractivity contribution >= 4 is 23.8 Å². The minimum atomic E-state index is 0.571. The molecular weight excluding hydrogens is 356 g/mol. The Morgan fingerprint density at radius 3 is 2.74 bits per heavy atom. The van der Waals surface area contributed by atoms with Crippen molar-refractivity contribution in [3.8, 4) is 11.6 Å². The minimum absolute atomic E-state index is 0.571. The SMILES string of the molecule is CCN(C)/C=N/c1cc(C)c(Oc2ccnc(SCCC(C)C)n2)cc1C. The van der Waals surface area contributed by atoms with Crippen molar-refractivity contribution in [1.82, 2.24) is 14.9 Å². The number of rotatable bonds is 9. The average Bonchev–Trinajstić information content (AvgIpc) is 2.63. The Labute approximate surface area is 167 Å². The normalized spacial score (nSPS) is 11.4. The first-order chi connectivity index (χ1) is 12.9. The highest BCUT2D eigenvalue weighted by atomic mass is 32.2. The second-order valence-electron chi connectivity index (χ2n) is 7.03. The molecule has 0 saturated heterocycles. The van der Waals surface area contributed by atoms with Crippen LogP contribution in [0.25, 0.3) is 0 Å². The van der Waals surface area contributed by atoms with Gasteiger partial charge in [-0.15, -0.1) is 0 Å². The van der Waals surface area contributed by atoms with E-state index >= 15 is 0 Å². The monoisotopic (exact) mass is 386 g/mol. The molecule has 0 bridgehead atoms. The van der Waals surface area contributed by atoms with Gasteiger partial charge in [-0.3, -0.25) is 0 Å². The quantitative estimate of drug-likeness (QED) is 0.242. The Bertz CT molecular complexity index is 777. The smallest absolute Gasteiger partial charge is 0.223 e. The van der Waals surface area contributed by atoms with Crippen LogP contribution in [-0.4, -0.2) is 40.6 Å². The summed E-state index contributed by atoms with van der Waals surface area (Å²) in [6.45, 7) is 11.5. The van der Waals surface area contributed by atoms with E-state index in [-0.39, 0.29) is 0 Å². The van der Waals surface area contributed by atoms with Gasteiger partial charge in [0.2, 0.25) is 5.88 Å². The van der Waals surface area contributed by atoms with Crippen LogP contribution in [-0.2, 0) is 0 Å². The van der Waals surface area contributed by atoms with E-state index in [0.29, 0.717) is 11.8 Å². The summed E-state index contributed by atoms with van der Waals surface area (Å²) in [7, 11) is 2.01. The van der Waals surface area contributed by atoms with Gasteiger partial charge in [-0.1, -0.05) is 25.6 Å². The zero-order valence-corrected chi connectivity index (χ0v) is 18.0. The molecule has 0 aliphatic rings. The second-order valence-corrected chi connectivity index (χ2v) is 8.09. The summed E-state index contributed by atoms with van der Waals surface area (Å²) in [6, 6.07) is 5.86. The maximum atomic E-state index is 6.03. The highest BCUT2D eigenvalue weighted by Gasteiger charge is 2.08. The Hall–Kier alpha value is -2.08. The number of aromatic nitrogens is 2. The molecule has 0 saturated carbocycles. The molecule has 0 atom stereocenters. The predicted octanol–water partition coefficient (Wildman–Crippen LogP) is 5.64. The van der Waals surface area contributed by atoms with E-state index in [2.05, 4.69) is 35.7 Å². The first-order valence-electron chi connectivity index (χ1n) is 9.38. The van der Waals surface area contributed by atoms with Gasteiger partial charge in [0, 0.05) is 31.6 Å². The van der Waals surface area contributed by atoms with Crippen molar-refractivity contribution in [3.05, 3.63) is 35.5 Å². The van der Waals surface area contributed by atoms with Crippen molar-refractivity contribution in [3.63, 3.8) is 0 Å². The Balaban J connectivity index is 2.11. The summed E-state index contributed by atoms with van der Waals surface area (Å²) in [5.74, 6) is 3.06. The maximum Gasteiger partial charge on any atom is 0.223 e. The zero-order valence-electron chi connectivity index (χ0n) is 17.2. The van der Waals surface area contributed by atoms with Gasteiger partial charge in [-0.25, -0.2) is 9.98 Å². The maximum absolute atomic E-state index is 6.03. The highest BCUT2D eigenvalue weighted by molar-refractivity contribution is 7.99. The number of ether oxygens (including phenoxy) is 1. The van der Waals surface area contributed by atoms with E-state index in [1.54, 1.807) is 24.0 Å². The Morgan fingerprint density at radius 1 is 1.26 bits per heavy atom. The first-order valence-corrected chi connectivity index (χ1v) is 10.4. The number of hydrogen-bond acceptors (Lipinski definition) is 5. The van der Waals surface area contributed by atoms with Crippen LogP contribution in [0.15, 0.2) is 34.5 Å². The highest BCUT2D eigenvalue weighted by Crippen LogP contribution is 2.31. The van der Waals surface area contributed by atoms with Crippen molar-refractivity contribution in [2.24, 2.45) is 10.9 Å². The van der Waals surface area contributed by atoms with Gasteiger partial charge in [0.05, 0.1) is 12.0 Å². The average molecular weight is 387 g/mol. The molecule has 5 nitrogen and oxygen atoms in total.